The Morgan fingerprint density at radius 1 is 1.04 bits per heavy atom. The van der Waals surface area contributed by atoms with Gasteiger partial charge in [0.05, 0.1) is 17.5 Å². The fourth-order valence-corrected chi connectivity index (χ4v) is 4.50. The second kappa shape index (κ2) is 8.61. The van der Waals surface area contributed by atoms with Crippen molar-refractivity contribution in [3.63, 3.8) is 0 Å². The predicted octanol–water partition coefficient (Wildman–Crippen LogP) is 5.69. The van der Waals surface area contributed by atoms with Crippen LogP contribution in [0.3, 0.4) is 0 Å². The Morgan fingerprint density at radius 3 is 2.56 bits per heavy atom. The van der Waals surface area contributed by atoms with E-state index in [1.54, 1.807) is 22.7 Å². The van der Waals surface area contributed by atoms with Crippen LogP contribution in [0.25, 0.3) is 10.7 Å². The normalized spacial score (nSPS) is 12.3. The van der Waals surface area contributed by atoms with Gasteiger partial charge in [-0.15, -0.1) is 22.7 Å². The zero-order valence-corrected chi connectivity index (χ0v) is 16.7. The van der Waals surface area contributed by atoms with Crippen molar-refractivity contribution in [2.45, 2.75) is 32.4 Å². The molecule has 4 aromatic rings. The highest BCUT2D eigenvalue weighted by molar-refractivity contribution is 7.13. The molecule has 0 aliphatic heterocycles. The minimum absolute atomic E-state index is 0.109. The van der Waals surface area contributed by atoms with Crippen molar-refractivity contribution in [1.82, 2.24) is 15.5 Å². The molecule has 4 nitrogen and oxygen atoms in total. The number of nitrogens with zero attached hydrogens (tertiary/aromatic N) is 2. The van der Waals surface area contributed by atoms with Crippen molar-refractivity contribution in [1.29, 1.82) is 0 Å². The van der Waals surface area contributed by atoms with Crippen LogP contribution in [0.5, 0.6) is 0 Å². The quantitative estimate of drug-likeness (QED) is 0.416. The summed E-state index contributed by atoms with van der Waals surface area (Å²) in [5.41, 5.74) is 2.62. The van der Waals surface area contributed by atoms with E-state index in [0.717, 1.165) is 17.7 Å². The number of rotatable bonds is 8. The number of aryl methyl sites for hydroxylation is 1. The fourth-order valence-electron chi connectivity index (χ4n) is 3.03. The van der Waals surface area contributed by atoms with Crippen LogP contribution in [0.4, 0.5) is 0 Å². The molecule has 4 rings (SSSR count). The molecule has 0 amide bonds. The number of hydrogen-bond acceptors (Lipinski definition) is 6. The van der Waals surface area contributed by atoms with E-state index < -0.39 is 0 Å². The number of aromatic nitrogens is 2. The van der Waals surface area contributed by atoms with Crippen LogP contribution in [0, 0.1) is 0 Å². The molecule has 3 aromatic heterocycles. The summed E-state index contributed by atoms with van der Waals surface area (Å²) in [6, 6.07) is 17.2. The van der Waals surface area contributed by atoms with Gasteiger partial charge in [0, 0.05) is 4.88 Å². The average molecular weight is 396 g/mol. The molecule has 27 heavy (non-hydrogen) atoms. The summed E-state index contributed by atoms with van der Waals surface area (Å²) < 4.78 is 5.43. The summed E-state index contributed by atoms with van der Waals surface area (Å²) >= 11 is 3.36. The topological polar surface area (TPSA) is 51.0 Å². The van der Waals surface area contributed by atoms with Crippen LogP contribution in [-0.2, 0) is 13.0 Å². The van der Waals surface area contributed by atoms with Crippen LogP contribution in [0.2, 0.25) is 0 Å². The maximum atomic E-state index is 5.43. The monoisotopic (exact) mass is 395 g/mol. The van der Waals surface area contributed by atoms with Gasteiger partial charge in [-0.25, -0.2) is 0 Å². The average Bonchev–Trinajstić information content (AvgIpc) is 3.46. The maximum Gasteiger partial charge on any atom is 0.240 e. The first-order chi connectivity index (χ1) is 13.3. The van der Waals surface area contributed by atoms with Crippen molar-refractivity contribution in [2.75, 3.05) is 0 Å². The SMILES string of the molecule is CCCc1ccc([C@H](NCc2nc(-c3cccs3)no2)c2cccs2)cc1. The van der Waals surface area contributed by atoms with Crippen LogP contribution in [-0.4, -0.2) is 10.1 Å². The van der Waals surface area contributed by atoms with Crippen LogP contribution < -0.4 is 5.32 Å². The zero-order valence-electron chi connectivity index (χ0n) is 15.1. The molecule has 6 heteroatoms. The molecule has 0 aliphatic carbocycles. The second-order valence-corrected chi connectivity index (χ2v) is 8.24. The molecule has 1 N–H and O–H groups in total. The van der Waals surface area contributed by atoms with Gasteiger partial charge in [-0.2, -0.15) is 4.98 Å². The molecule has 0 fully saturated rings. The van der Waals surface area contributed by atoms with Crippen molar-refractivity contribution in [3.05, 3.63) is 81.2 Å². The lowest BCUT2D eigenvalue weighted by Gasteiger charge is -2.17. The highest BCUT2D eigenvalue weighted by Gasteiger charge is 2.17. The molecule has 0 unspecified atom stereocenters. The minimum Gasteiger partial charge on any atom is -0.338 e. The Bertz CT molecular complexity index is 944. The zero-order chi connectivity index (χ0) is 18.5. The Morgan fingerprint density at radius 2 is 1.85 bits per heavy atom. The number of hydrogen-bond donors (Lipinski definition) is 1. The van der Waals surface area contributed by atoms with Gasteiger partial charge in [0.1, 0.15) is 0 Å². The highest BCUT2D eigenvalue weighted by atomic mass is 32.1. The summed E-state index contributed by atoms with van der Waals surface area (Å²) in [6.07, 6.45) is 2.28. The molecule has 0 radical (unpaired) electrons. The van der Waals surface area contributed by atoms with Gasteiger partial charge in [0.15, 0.2) is 0 Å². The second-order valence-electron chi connectivity index (χ2n) is 6.31. The summed E-state index contributed by atoms with van der Waals surface area (Å²) in [5.74, 6) is 1.25. The molecule has 1 aromatic carbocycles. The summed E-state index contributed by atoms with van der Waals surface area (Å²) in [5, 5.41) is 11.8. The van der Waals surface area contributed by atoms with Crippen LogP contribution >= 0.6 is 22.7 Å². The van der Waals surface area contributed by atoms with E-state index in [2.05, 4.69) is 64.2 Å². The molecule has 0 bridgehead atoms. The van der Waals surface area contributed by atoms with Gasteiger partial charge in [-0.1, -0.05) is 54.9 Å². The smallest absolute Gasteiger partial charge is 0.240 e. The van der Waals surface area contributed by atoms with Crippen molar-refractivity contribution >= 4 is 22.7 Å². The Balaban J connectivity index is 1.50. The summed E-state index contributed by atoms with van der Waals surface area (Å²) in [6.45, 7) is 2.73. The van der Waals surface area contributed by atoms with E-state index in [4.69, 9.17) is 4.52 Å². The summed E-state index contributed by atoms with van der Waals surface area (Å²) in [7, 11) is 0. The van der Waals surface area contributed by atoms with E-state index in [0.29, 0.717) is 18.3 Å². The van der Waals surface area contributed by atoms with Gasteiger partial charge in [0.2, 0.25) is 11.7 Å². The van der Waals surface area contributed by atoms with E-state index in [1.807, 2.05) is 17.5 Å². The molecule has 0 saturated heterocycles. The van der Waals surface area contributed by atoms with E-state index in [9.17, 15) is 0 Å². The molecule has 3 heterocycles. The lowest BCUT2D eigenvalue weighted by molar-refractivity contribution is 0.363. The molecule has 0 saturated carbocycles. The molecule has 1 atom stereocenters. The van der Waals surface area contributed by atoms with Gasteiger partial charge in [-0.05, 0) is 40.4 Å². The molecule has 138 valence electrons. The van der Waals surface area contributed by atoms with Crippen molar-refractivity contribution in [2.24, 2.45) is 0 Å². The van der Waals surface area contributed by atoms with Crippen molar-refractivity contribution < 1.29 is 4.52 Å². The van der Waals surface area contributed by atoms with Gasteiger partial charge < -0.3 is 4.52 Å². The number of thiophene rings is 2. The molecular weight excluding hydrogens is 374 g/mol. The minimum atomic E-state index is 0.109. The van der Waals surface area contributed by atoms with Gasteiger partial charge in [0.25, 0.3) is 0 Å². The third-order valence-electron chi connectivity index (χ3n) is 4.35. The third-order valence-corrected chi connectivity index (χ3v) is 6.15. The maximum absolute atomic E-state index is 5.43. The first kappa shape index (κ1) is 18.1. The van der Waals surface area contributed by atoms with E-state index in [-0.39, 0.29) is 6.04 Å². The fraction of sp³-hybridized carbons (Fsp3) is 0.238. The molecule has 0 spiro atoms. The first-order valence-corrected chi connectivity index (χ1v) is 10.8. The lowest BCUT2D eigenvalue weighted by atomic mass is 10.0. The van der Waals surface area contributed by atoms with Crippen LogP contribution in [0.1, 0.15) is 41.3 Å². The Kier molecular flexibility index (Phi) is 5.77. The third kappa shape index (κ3) is 4.35. The molecule has 0 aliphatic rings. The predicted molar refractivity (Wildman–Crippen MR) is 111 cm³/mol. The van der Waals surface area contributed by atoms with Crippen molar-refractivity contribution in [3.8, 4) is 10.7 Å². The largest absolute Gasteiger partial charge is 0.338 e. The summed E-state index contributed by atoms with van der Waals surface area (Å²) in [4.78, 5) is 6.81. The highest BCUT2D eigenvalue weighted by Crippen LogP contribution is 2.27. The number of nitrogens with one attached hydrogen (secondary N) is 1. The first-order valence-electron chi connectivity index (χ1n) is 9.05. The Hall–Kier alpha value is -2.28. The lowest BCUT2D eigenvalue weighted by Crippen LogP contribution is -2.21. The van der Waals surface area contributed by atoms with Gasteiger partial charge >= 0.3 is 0 Å². The van der Waals surface area contributed by atoms with E-state index >= 15 is 0 Å². The van der Waals surface area contributed by atoms with Gasteiger partial charge in [-0.3, -0.25) is 5.32 Å². The Labute approximate surface area is 166 Å². The molecular formula is C21H21N3OS2. The van der Waals surface area contributed by atoms with Crippen LogP contribution in [0.15, 0.2) is 63.8 Å². The van der Waals surface area contributed by atoms with E-state index in [1.165, 1.54) is 16.0 Å². The number of benzene rings is 1. The standard InChI is InChI=1S/C21H21N3OS2/c1-2-5-15-8-10-16(11-9-15)20(17-6-3-12-26-17)22-14-19-23-21(24-25-19)18-7-4-13-27-18/h3-4,6-13,20,22H,2,5,14H2,1H3/t20-/m0/s1.